The van der Waals surface area contributed by atoms with E-state index in [1.807, 2.05) is 22.9 Å². The van der Waals surface area contributed by atoms with E-state index in [-0.39, 0.29) is 12.2 Å². The summed E-state index contributed by atoms with van der Waals surface area (Å²) < 4.78 is 15.3. The third kappa shape index (κ3) is 4.17. The average molecular weight is 430 g/mol. The Labute approximate surface area is 173 Å². The topological polar surface area (TPSA) is 88.4 Å². The molecule has 2 amide bonds. The maximum Gasteiger partial charge on any atom is 0.313 e. The van der Waals surface area contributed by atoms with Crippen molar-refractivity contribution in [1.29, 1.82) is 0 Å². The van der Waals surface area contributed by atoms with Crippen molar-refractivity contribution in [3.05, 3.63) is 58.2 Å². The second-order valence-electron chi connectivity index (χ2n) is 6.26. The predicted octanol–water partition coefficient (Wildman–Crippen LogP) is 3.26. The average Bonchev–Trinajstić information content (AvgIpc) is 3.42. The fourth-order valence-electron chi connectivity index (χ4n) is 2.65. The van der Waals surface area contributed by atoms with Gasteiger partial charge in [0.15, 0.2) is 5.82 Å². The molecule has 3 aromatic heterocycles. The molecule has 0 aliphatic rings. The van der Waals surface area contributed by atoms with Gasteiger partial charge in [-0.25, -0.2) is 8.91 Å². The number of carbonyl (C=O) groups is 2. The monoisotopic (exact) mass is 429 g/mol. The normalized spacial score (nSPS) is 11.0. The number of benzene rings is 1. The Balaban J connectivity index is 1.34. The summed E-state index contributed by atoms with van der Waals surface area (Å²) in [7, 11) is 0. The predicted molar refractivity (Wildman–Crippen MR) is 111 cm³/mol. The fourth-order valence-corrected chi connectivity index (χ4v) is 4.16. The van der Waals surface area contributed by atoms with Crippen molar-refractivity contribution < 1.29 is 14.0 Å². The highest BCUT2D eigenvalue weighted by molar-refractivity contribution is 7.15. The van der Waals surface area contributed by atoms with E-state index in [0.29, 0.717) is 17.8 Å². The van der Waals surface area contributed by atoms with Gasteiger partial charge in [0.25, 0.3) is 0 Å². The van der Waals surface area contributed by atoms with E-state index >= 15 is 0 Å². The molecule has 0 aliphatic carbocycles. The first kappa shape index (κ1) is 19.2. The van der Waals surface area contributed by atoms with E-state index in [9.17, 15) is 14.0 Å². The molecule has 1 aromatic carbocycles. The Morgan fingerprint density at radius 2 is 2.07 bits per heavy atom. The van der Waals surface area contributed by atoms with E-state index in [1.165, 1.54) is 23.5 Å². The highest BCUT2D eigenvalue weighted by atomic mass is 32.1. The van der Waals surface area contributed by atoms with Crippen LogP contribution in [0, 0.1) is 12.7 Å². The van der Waals surface area contributed by atoms with Gasteiger partial charge in [0, 0.05) is 24.0 Å². The van der Waals surface area contributed by atoms with Crippen LogP contribution >= 0.6 is 22.7 Å². The Hall–Kier alpha value is -3.11. The summed E-state index contributed by atoms with van der Waals surface area (Å²) in [5.74, 6) is -1.40. The summed E-state index contributed by atoms with van der Waals surface area (Å²) in [5.41, 5.74) is 1.59. The maximum absolute atomic E-state index is 13.5. The molecule has 10 heteroatoms. The largest absolute Gasteiger partial charge is 0.347 e. The van der Waals surface area contributed by atoms with Gasteiger partial charge < -0.3 is 10.6 Å². The van der Waals surface area contributed by atoms with Crippen LogP contribution in [0.3, 0.4) is 0 Å². The number of thiophene rings is 1. The number of carbonyl (C=O) groups excluding carboxylic acids is 2. The molecule has 4 aromatic rings. The number of amides is 2. The zero-order valence-electron chi connectivity index (χ0n) is 15.3. The zero-order chi connectivity index (χ0) is 20.4. The summed E-state index contributed by atoms with van der Waals surface area (Å²) >= 11 is 3.04. The number of hydrogen-bond donors (Lipinski definition) is 2. The molecule has 29 heavy (non-hydrogen) atoms. The van der Waals surface area contributed by atoms with Crippen molar-refractivity contribution >= 4 is 45.1 Å². The number of nitrogens with one attached hydrogen (secondary N) is 2. The lowest BCUT2D eigenvalue weighted by Gasteiger charge is -2.07. The molecule has 7 nitrogen and oxygen atoms in total. The van der Waals surface area contributed by atoms with Crippen molar-refractivity contribution in [2.45, 2.75) is 13.3 Å². The van der Waals surface area contributed by atoms with Crippen molar-refractivity contribution in [2.75, 3.05) is 11.9 Å². The molecule has 0 bridgehead atoms. The van der Waals surface area contributed by atoms with Crippen molar-refractivity contribution in [2.24, 2.45) is 0 Å². The molecule has 0 atom stereocenters. The number of aryl methyl sites for hydroxylation is 1. The number of anilines is 1. The molecule has 0 aliphatic heterocycles. The molecule has 0 radical (unpaired) electrons. The minimum absolute atomic E-state index is 0.233. The van der Waals surface area contributed by atoms with Crippen LogP contribution in [-0.4, -0.2) is 33.0 Å². The van der Waals surface area contributed by atoms with Crippen molar-refractivity contribution in [1.82, 2.24) is 19.9 Å². The summed E-state index contributed by atoms with van der Waals surface area (Å²) in [6, 6.07) is 8.16. The quantitative estimate of drug-likeness (QED) is 0.477. The fraction of sp³-hybridized carbons (Fsp3) is 0.158. The summed E-state index contributed by atoms with van der Waals surface area (Å²) in [6.45, 7) is 1.88. The molecule has 4 rings (SSSR count). The van der Waals surface area contributed by atoms with Crippen molar-refractivity contribution in [3.8, 4) is 10.7 Å². The van der Waals surface area contributed by atoms with Gasteiger partial charge in [-0.1, -0.05) is 12.1 Å². The van der Waals surface area contributed by atoms with Crippen molar-refractivity contribution in [3.63, 3.8) is 0 Å². The Morgan fingerprint density at radius 3 is 2.83 bits per heavy atom. The third-order valence-electron chi connectivity index (χ3n) is 4.19. The highest BCUT2D eigenvalue weighted by Crippen LogP contribution is 2.24. The van der Waals surface area contributed by atoms with Crippen LogP contribution in [0.1, 0.15) is 11.3 Å². The van der Waals surface area contributed by atoms with E-state index in [0.717, 1.165) is 15.5 Å². The zero-order valence-corrected chi connectivity index (χ0v) is 16.9. The minimum atomic E-state index is -0.843. The van der Waals surface area contributed by atoms with Crippen LogP contribution in [0.15, 0.2) is 41.1 Å². The molecule has 148 valence electrons. The second kappa shape index (κ2) is 8.10. The van der Waals surface area contributed by atoms with Crippen LogP contribution in [0.25, 0.3) is 15.7 Å². The minimum Gasteiger partial charge on any atom is -0.347 e. The molecule has 3 heterocycles. The summed E-state index contributed by atoms with van der Waals surface area (Å²) in [6.07, 6.45) is 0.491. The van der Waals surface area contributed by atoms with Gasteiger partial charge in [0.1, 0.15) is 5.82 Å². The highest BCUT2D eigenvalue weighted by Gasteiger charge is 2.15. The van der Waals surface area contributed by atoms with Crippen LogP contribution < -0.4 is 10.6 Å². The van der Waals surface area contributed by atoms with Crippen LogP contribution in [0.4, 0.5) is 10.1 Å². The van der Waals surface area contributed by atoms with Crippen LogP contribution in [0.2, 0.25) is 0 Å². The van der Waals surface area contributed by atoms with Gasteiger partial charge in [-0.3, -0.25) is 9.59 Å². The molecule has 0 saturated heterocycles. The lowest BCUT2D eigenvalue weighted by molar-refractivity contribution is -0.136. The van der Waals surface area contributed by atoms with Crippen LogP contribution in [-0.2, 0) is 16.0 Å². The standard InChI is InChI=1S/C19H16FN5O2S2/c1-11-4-5-12(9-14(11)20)22-18(27)17(26)21-7-6-13-10-29-19-23-16(24-25(13)19)15-3-2-8-28-15/h2-5,8-10H,6-7H2,1H3,(H,21,26)(H,22,27). The number of rotatable bonds is 5. The van der Waals surface area contributed by atoms with Gasteiger partial charge in [0.2, 0.25) is 4.96 Å². The summed E-state index contributed by atoms with van der Waals surface area (Å²) in [5, 5.41) is 13.4. The molecule has 0 spiro atoms. The molecule has 2 N–H and O–H groups in total. The SMILES string of the molecule is Cc1ccc(NC(=O)C(=O)NCCc2csc3nc(-c4cccs4)nn23)cc1F. The number of hydrogen-bond acceptors (Lipinski definition) is 6. The first-order valence-electron chi connectivity index (χ1n) is 8.73. The summed E-state index contributed by atoms with van der Waals surface area (Å²) in [4.78, 5) is 30.2. The van der Waals surface area contributed by atoms with Gasteiger partial charge in [-0.15, -0.1) is 27.8 Å². The Bertz CT molecular complexity index is 1180. The molecule has 0 unspecified atom stereocenters. The van der Waals surface area contributed by atoms with E-state index in [2.05, 4.69) is 20.7 Å². The number of thiazole rings is 1. The second-order valence-corrected chi connectivity index (χ2v) is 8.04. The van der Waals surface area contributed by atoms with Gasteiger partial charge in [-0.2, -0.15) is 4.98 Å². The number of halogens is 1. The van der Waals surface area contributed by atoms with E-state index in [4.69, 9.17) is 0 Å². The number of aromatic nitrogens is 3. The smallest absolute Gasteiger partial charge is 0.313 e. The molecular formula is C19H16FN5O2S2. The molecule has 0 saturated carbocycles. The van der Waals surface area contributed by atoms with Gasteiger partial charge >= 0.3 is 11.8 Å². The number of nitrogens with zero attached hydrogens (tertiary/aromatic N) is 3. The van der Waals surface area contributed by atoms with E-state index < -0.39 is 17.6 Å². The maximum atomic E-state index is 13.5. The molecule has 0 fully saturated rings. The molecular weight excluding hydrogens is 413 g/mol. The van der Waals surface area contributed by atoms with Gasteiger partial charge in [-0.05, 0) is 36.1 Å². The first-order chi connectivity index (χ1) is 14.0. The van der Waals surface area contributed by atoms with Crippen LogP contribution in [0.5, 0.6) is 0 Å². The third-order valence-corrected chi connectivity index (χ3v) is 5.92. The van der Waals surface area contributed by atoms with Gasteiger partial charge in [0.05, 0.1) is 10.6 Å². The lowest BCUT2D eigenvalue weighted by Crippen LogP contribution is -2.36. The lowest BCUT2D eigenvalue weighted by atomic mass is 10.2. The first-order valence-corrected chi connectivity index (χ1v) is 10.5. The Kier molecular flexibility index (Phi) is 5.36. The number of fused-ring (bicyclic) bond motifs is 1. The van der Waals surface area contributed by atoms with E-state index in [1.54, 1.807) is 28.8 Å². The Morgan fingerprint density at radius 1 is 1.21 bits per heavy atom.